The highest BCUT2D eigenvalue weighted by Crippen LogP contribution is 2.20. The molecule has 0 bridgehead atoms. The normalized spacial score (nSPS) is 13.5. The molecule has 1 aromatic carbocycles. The van der Waals surface area contributed by atoms with Crippen molar-refractivity contribution >= 4 is 0 Å². The van der Waals surface area contributed by atoms with Crippen LogP contribution < -0.4 is 10.1 Å². The summed E-state index contributed by atoms with van der Waals surface area (Å²) in [5, 5.41) is 3.41. The first kappa shape index (κ1) is 14.0. The Bertz CT molecular complexity index is 329. The zero-order chi connectivity index (χ0) is 12.9. The third-order valence-corrected chi connectivity index (χ3v) is 2.73. The SMILES string of the molecule is CCNC(COc1ccc(F)cc1)C(C)(C)C. The summed E-state index contributed by atoms with van der Waals surface area (Å²) in [4.78, 5) is 0. The minimum atomic E-state index is -0.239. The van der Waals surface area contributed by atoms with Crippen LogP contribution in [0.4, 0.5) is 4.39 Å². The minimum Gasteiger partial charge on any atom is -0.492 e. The fourth-order valence-corrected chi connectivity index (χ4v) is 1.57. The van der Waals surface area contributed by atoms with Crippen LogP contribution in [0.3, 0.4) is 0 Å². The van der Waals surface area contributed by atoms with Gasteiger partial charge < -0.3 is 10.1 Å². The van der Waals surface area contributed by atoms with E-state index in [1.165, 1.54) is 12.1 Å². The van der Waals surface area contributed by atoms with Gasteiger partial charge in [-0.25, -0.2) is 4.39 Å². The molecule has 17 heavy (non-hydrogen) atoms. The number of hydrogen-bond donors (Lipinski definition) is 1. The monoisotopic (exact) mass is 239 g/mol. The van der Waals surface area contributed by atoms with E-state index in [0.717, 1.165) is 6.54 Å². The van der Waals surface area contributed by atoms with Gasteiger partial charge in [-0.1, -0.05) is 27.7 Å². The molecule has 1 unspecified atom stereocenters. The molecule has 0 radical (unpaired) electrons. The molecule has 96 valence electrons. The number of nitrogens with one attached hydrogen (secondary N) is 1. The number of benzene rings is 1. The molecule has 0 amide bonds. The van der Waals surface area contributed by atoms with E-state index in [0.29, 0.717) is 12.4 Å². The van der Waals surface area contributed by atoms with E-state index in [1.54, 1.807) is 12.1 Å². The second-order valence-corrected chi connectivity index (χ2v) is 5.24. The van der Waals surface area contributed by atoms with Gasteiger partial charge in [0, 0.05) is 6.04 Å². The maximum Gasteiger partial charge on any atom is 0.123 e. The Balaban J connectivity index is 2.54. The molecule has 0 aliphatic heterocycles. The van der Waals surface area contributed by atoms with E-state index in [1.807, 2.05) is 0 Å². The third-order valence-electron chi connectivity index (χ3n) is 2.73. The molecule has 0 fully saturated rings. The van der Waals surface area contributed by atoms with Crippen LogP contribution >= 0.6 is 0 Å². The average Bonchev–Trinajstić information content (AvgIpc) is 2.25. The summed E-state index contributed by atoms with van der Waals surface area (Å²) < 4.78 is 18.4. The molecule has 0 spiro atoms. The van der Waals surface area contributed by atoms with E-state index < -0.39 is 0 Å². The predicted molar refractivity (Wildman–Crippen MR) is 68.8 cm³/mol. The molecule has 3 heteroatoms. The van der Waals surface area contributed by atoms with Crippen molar-refractivity contribution in [1.82, 2.24) is 5.32 Å². The Labute approximate surface area is 103 Å². The number of likely N-dealkylation sites (N-methyl/N-ethyl adjacent to an activating group) is 1. The first-order valence-electron chi connectivity index (χ1n) is 6.05. The maximum absolute atomic E-state index is 12.7. The highest BCUT2D eigenvalue weighted by atomic mass is 19.1. The Morgan fingerprint density at radius 2 is 1.82 bits per heavy atom. The van der Waals surface area contributed by atoms with Crippen molar-refractivity contribution in [2.75, 3.05) is 13.2 Å². The zero-order valence-electron chi connectivity index (χ0n) is 11.1. The second kappa shape index (κ2) is 6.01. The summed E-state index contributed by atoms with van der Waals surface area (Å²) >= 11 is 0. The van der Waals surface area contributed by atoms with Gasteiger partial charge in [0.2, 0.25) is 0 Å². The quantitative estimate of drug-likeness (QED) is 0.851. The molecular formula is C14H22FNO. The van der Waals surface area contributed by atoms with Crippen molar-refractivity contribution in [3.8, 4) is 5.75 Å². The molecule has 0 heterocycles. The summed E-state index contributed by atoms with van der Waals surface area (Å²) in [6.07, 6.45) is 0. The molecule has 1 N–H and O–H groups in total. The predicted octanol–water partition coefficient (Wildman–Crippen LogP) is 3.23. The smallest absolute Gasteiger partial charge is 0.123 e. The number of ether oxygens (including phenoxy) is 1. The van der Waals surface area contributed by atoms with Gasteiger partial charge in [-0.05, 0) is 36.2 Å². The van der Waals surface area contributed by atoms with Crippen molar-refractivity contribution in [3.63, 3.8) is 0 Å². The molecular weight excluding hydrogens is 217 g/mol. The number of rotatable bonds is 5. The van der Waals surface area contributed by atoms with Gasteiger partial charge >= 0.3 is 0 Å². The Hall–Kier alpha value is -1.09. The molecule has 0 aromatic heterocycles. The summed E-state index contributed by atoms with van der Waals surface area (Å²) in [6.45, 7) is 10.1. The molecule has 0 saturated heterocycles. The summed E-state index contributed by atoms with van der Waals surface area (Å²) in [5.41, 5.74) is 0.135. The lowest BCUT2D eigenvalue weighted by Crippen LogP contribution is -2.44. The summed E-state index contributed by atoms with van der Waals surface area (Å²) in [6, 6.07) is 6.41. The lowest BCUT2D eigenvalue weighted by molar-refractivity contribution is 0.176. The van der Waals surface area contributed by atoms with Gasteiger partial charge in [0.05, 0.1) is 0 Å². The standard InChI is InChI=1S/C14H22FNO/c1-5-16-13(14(2,3)4)10-17-12-8-6-11(15)7-9-12/h6-9,13,16H,5,10H2,1-4H3. The van der Waals surface area contributed by atoms with Crippen LogP contribution in [0, 0.1) is 11.2 Å². The van der Waals surface area contributed by atoms with Crippen LogP contribution in [0.2, 0.25) is 0 Å². The van der Waals surface area contributed by atoms with Gasteiger partial charge in [0.15, 0.2) is 0 Å². The molecule has 1 rings (SSSR count). The number of halogens is 1. The fourth-order valence-electron chi connectivity index (χ4n) is 1.57. The van der Waals surface area contributed by atoms with Crippen molar-refractivity contribution in [3.05, 3.63) is 30.1 Å². The van der Waals surface area contributed by atoms with Crippen LogP contribution in [0.15, 0.2) is 24.3 Å². The molecule has 0 aliphatic rings. The number of hydrogen-bond acceptors (Lipinski definition) is 2. The van der Waals surface area contributed by atoms with Crippen molar-refractivity contribution in [2.24, 2.45) is 5.41 Å². The Morgan fingerprint density at radius 1 is 1.24 bits per heavy atom. The van der Waals surface area contributed by atoms with E-state index in [-0.39, 0.29) is 17.3 Å². The zero-order valence-corrected chi connectivity index (χ0v) is 11.1. The van der Waals surface area contributed by atoms with Crippen LogP contribution in [0.1, 0.15) is 27.7 Å². The van der Waals surface area contributed by atoms with Crippen molar-refractivity contribution in [2.45, 2.75) is 33.7 Å². The molecule has 0 aliphatic carbocycles. The highest BCUT2D eigenvalue weighted by Gasteiger charge is 2.24. The second-order valence-electron chi connectivity index (χ2n) is 5.24. The molecule has 1 aromatic rings. The largest absolute Gasteiger partial charge is 0.492 e. The van der Waals surface area contributed by atoms with E-state index in [9.17, 15) is 4.39 Å². The van der Waals surface area contributed by atoms with Crippen LogP contribution in [0.5, 0.6) is 5.75 Å². The fraction of sp³-hybridized carbons (Fsp3) is 0.571. The third kappa shape index (κ3) is 4.73. The first-order valence-corrected chi connectivity index (χ1v) is 6.05. The van der Waals surface area contributed by atoms with Crippen molar-refractivity contribution in [1.29, 1.82) is 0 Å². The van der Waals surface area contributed by atoms with E-state index in [2.05, 4.69) is 33.0 Å². The lowest BCUT2D eigenvalue weighted by Gasteiger charge is -2.31. The topological polar surface area (TPSA) is 21.3 Å². The maximum atomic E-state index is 12.7. The van der Waals surface area contributed by atoms with Gasteiger partial charge in [-0.3, -0.25) is 0 Å². The minimum absolute atomic E-state index is 0.135. The van der Waals surface area contributed by atoms with Crippen molar-refractivity contribution < 1.29 is 9.13 Å². The molecule has 2 nitrogen and oxygen atoms in total. The van der Waals surface area contributed by atoms with Gasteiger partial charge in [-0.2, -0.15) is 0 Å². The van der Waals surface area contributed by atoms with Gasteiger partial charge in [0.25, 0.3) is 0 Å². The Morgan fingerprint density at radius 3 is 2.29 bits per heavy atom. The molecule has 1 atom stereocenters. The molecule has 0 saturated carbocycles. The average molecular weight is 239 g/mol. The first-order chi connectivity index (χ1) is 7.93. The van der Waals surface area contributed by atoms with Gasteiger partial charge in [0.1, 0.15) is 18.2 Å². The summed E-state index contributed by atoms with van der Waals surface area (Å²) in [7, 11) is 0. The van der Waals surface area contributed by atoms with Crippen LogP contribution in [-0.4, -0.2) is 19.2 Å². The lowest BCUT2D eigenvalue weighted by atomic mass is 9.87. The highest BCUT2D eigenvalue weighted by molar-refractivity contribution is 5.22. The van der Waals surface area contributed by atoms with Gasteiger partial charge in [-0.15, -0.1) is 0 Å². The van der Waals surface area contributed by atoms with Crippen LogP contribution in [0.25, 0.3) is 0 Å². The van der Waals surface area contributed by atoms with Crippen LogP contribution in [-0.2, 0) is 0 Å². The Kier molecular flexibility index (Phi) is 4.94. The summed E-state index contributed by atoms with van der Waals surface area (Å²) in [5.74, 6) is 0.468. The van der Waals surface area contributed by atoms with E-state index in [4.69, 9.17) is 4.74 Å². The van der Waals surface area contributed by atoms with E-state index >= 15 is 0 Å².